The summed E-state index contributed by atoms with van der Waals surface area (Å²) < 4.78 is 5.25. The van der Waals surface area contributed by atoms with Gasteiger partial charge in [-0.05, 0) is 42.5 Å². The van der Waals surface area contributed by atoms with Gasteiger partial charge in [0.1, 0.15) is 11.4 Å². The predicted octanol–water partition coefficient (Wildman–Crippen LogP) is 5.84. The SMILES string of the molecule is COc1ccccc1NC(=O)c1ccc(N=Nc2c[nH]c3ccccc23)cc1. The Kier molecular flexibility index (Phi) is 4.84. The fourth-order valence-corrected chi connectivity index (χ4v) is 2.87. The molecule has 6 nitrogen and oxygen atoms in total. The van der Waals surface area contributed by atoms with Crippen LogP contribution < -0.4 is 10.1 Å². The number of amides is 1. The first-order chi connectivity index (χ1) is 13.7. The standard InChI is InChI=1S/C22H18N4O2/c1-28-21-9-5-4-8-19(21)24-22(27)15-10-12-16(13-11-15)25-26-20-14-23-18-7-3-2-6-17(18)20/h2-14,23H,1H3,(H,24,27). The van der Waals surface area contributed by atoms with Gasteiger partial charge >= 0.3 is 0 Å². The van der Waals surface area contributed by atoms with Crippen molar-refractivity contribution in [1.29, 1.82) is 0 Å². The number of hydrogen-bond donors (Lipinski definition) is 2. The van der Waals surface area contributed by atoms with Crippen molar-refractivity contribution in [2.24, 2.45) is 10.2 Å². The maximum absolute atomic E-state index is 12.5. The minimum absolute atomic E-state index is 0.218. The van der Waals surface area contributed by atoms with Crippen molar-refractivity contribution in [3.8, 4) is 5.75 Å². The van der Waals surface area contributed by atoms with E-state index in [1.807, 2.05) is 42.6 Å². The van der Waals surface area contributed by atoms with Gasteiger partial charge in [-0.3, -0.25) is 4.79 Å². The Morgan fingerprint density at radius 1 is 0.929 bits per heavy atom. The third-order valence-electron chi connectivity index (χ3n) is 4.33. The number of ether oxygens (including phenoxy) is 1. The van der Waals surface area contributed by atoms with Gasteiger partial charge in [0.2, 0.25) is 0 Å². The Labute approximate surface area is 161 Å². The van der Waals surface area contributed by atoms with Crippen molar-refractivity contribution in [1.82, 2.24) is 4.98 Å². The summed E-state index contributed by atoms with van der Waals surface area (Å²) in [5.41, 5.74) is 3.60. The monoisotopic (exact) mass is 370 g/mol. The number of methoxy groups -OCH3 is 1. The lowest BCUT2D eigenvalue weighted by molar-refractivity contribution is 0.102. The molecule has 1 amide bonds. The fourth-order valence-electron chi connectivity index (χ4n) is 2.87. The van der Waals surface area contributed by atoms with Gasteiger partial charge in [0.05, 0.1) is 18.5 Å². The van der Waals surface area contributed by atoms with Crippen LogP contribution in [0.5, 0.6) is 5.75 Å². The highest BCUT2D eigenvalue weighted by Crippen LogP contribution is 2.28. The number of anilines is 1. The number of carbonyl (C=O) groups is 1. The number of aromatic amines is 1. The van der Waals surface area contributed by atoms with E-state index < -0.39 is 0 Å². The zero-order chi connectivity index (χ0) is 19.3. The lowest BCUT2D eigenvalue weighted by Gasteiger charge is -2.09. The molecule has 0 fully saturated rings. The van der Waals surface area contributed by atoms with Crippen LogP contribution in [-0.4, -0.2) is 18.0 Å². The Balaban J connectivity index is 1.48. The summed E-state index contributed by atoms with van der Waals surface area (Å²) in [4.78, 5) is 15.6. The number of fused-ring (bicyclic) bond motifs is 1. The molecule has 0 bridgehead atoms. The van der Waals surface area contributed by atoms with Crippen LogP contribution in [0.15, 0.2) is 89.2 Å². The van der Waals surface area contributed by atoms with Crippen molar-refractivity contribution < 1.29 is 9.53 Å². The third-order valence-corrected chi connectivity index (χ3v) is 4.33. The Morgan fingerprint density at radius 3 is 2.50 bits per heavy atom. The number of benzene rings is 3. The van der Waals surface area contributed by atoms with Crippen molar-refractivity contribution in [3.63, 3.8) is 0 Å². The van der Waals surface area contributed by atoms with Crippen molar-refractivity contribution in [2.45, 2.75) is 0 Å². The average Bonchev–Trinajstić information content (AvgIpc) is 3.16. The number of hydrogen-bond acceptors (Lipinski definition) is 4. The van der Waals surface area contributed by atoms with Crippen LogP contribution in [0.25, 0.3) is 10.9 Å². The van der Waals surface area contributed by atoms with Gasteiger partial charge in [-0.2, -0.15) is 5.11 Å². The topological polar surface area (TPSA) is 78.8 Å². The van der Waals surface area contributed by atoms with Crippen LogP contribution in [0.1, 0.15) is 10.4 Å². The maximum Gasteiger partial charge on any atom is 0.255 e. The lowest BCUT2D eigenvalue weighted by Crippen LogP contribution is -2.12. The second kappa shape index (κ2) is 7.75. The first kappa shape index (κ1) is 17.5. The molecule has 2 N–H and O–H groups in total. The fraction of sp³-hybridized carbons (Fsp3) is 0.0455. The van der Waals surface area contributed by atoms with Gasteiger partial charge in [0.15, 0.2) is 0 Å². The van der Waals surface area contributed by atoms with Gasteiger partial charge in [0, 0.05) is 22.7 Å². The molecule has 3 aromatic carbocycles. The molecule has 1 heterocycles. The van der Waals surface area contributed by atoms with Gasteiger partial charge < -0.3 is 15.0 Å². The molecule has 4 rings (SSSR count). The second-order valence-corrected chi connectivity index (χ2v) is 6.12. The average molecular weight is 370 g/mol. The van der Waals surface area contributed by atoms with Crippen LogP contribution in [0.4, 0.5) is 17.1 Å². The molecule has 28 heavy (non-hydrogen) atoms. The molecule has 0 aliphatic rings. The van der Waals surface area contributed by atoms with Crippen LogP contribution in [0, 0.1) is 0 Å². The first-order valence-corrected chi connectivity index (χ1v) is 8.77. The van der Waals surface area contributed by atoms with Gasteiger partial charge in [-0.1, -0.05) is 30.3 Å². The number of para-hydroxylation sites is 3. The van der Waals surface area contributed by atoms with Crippen molar-refractivity contribution >= 4 is 33.9 Å². The number of nitrogens with one attached hydrogen (secondary N) is 2. The highest BCUT2D eigenvalue weighted by Gasteiger charge is 2.09. The second-order valence-electron chi connectivity index (χ2n) is 6.12. The smallest absolute Gasteiger partial charge is 0.255 e. The largest absolute Gasteiger partial charge is 0.495 e. The minimum Gasteiger partial charge on any atom is -0.495 e. The molecule has 1 aromatic heterocycles. The van der Waals surface area contributed by atoms with E-state index in [1.54, 1.807) is 43.5 Å². The van der Waals surface area contributed by atoms with E-state index in [2.05, 4.69) is 20.5 Å². The highest BCUT2D eigenvalue weighted by molar-refractivity contribution is 6.05. The number of carbonyl (C=O) groups excluding carboxylic acids is 1. The van der Waals surface area contributed by atoms with E-state index >= 15 is 0 Å². The molecule has 6 heteroatoms. The summed E-state index contributed by atoms with van der Waals surface area (Å²) in [6.07, 6.45) is 1.82. The summed E-state index contributed by atoms with van der Waals surface area (Å²) in [5, 5.41) is 12.4. The summed E-state index contributed by atoms with van der Waals surface area (Å²) in [6, 6.07) is 22.1. The summed E-state index contributed by atoms with van der Waals surface area (Å²) in [7, 11) is 1.57. The van der Waals surface area contributed by atoms with E-state index in [0.717, 1.165) is 16.6 Å². The molecule has 0 aliphatic carbocycles. The molecule has 0 radical (unpaired) electrons. The number of azo groups is 1. The van der Waals surface area contributed by atoms with Crippen LogP contribution in [0.2, 0.25) is 0 Å². The minimum atomic E-state index is -0.218. The first-order valence-electron chi connectivity index (χ1n) is 8.77. The van der Waals surface area contributed by atoms with E-state index in [-0.39, 0.29) is 5.91 Å². The Morgan fingerprint density at radius 2 is 1.68 bits per heavy atom. The van der Waals surface area contributed by atoms with E-state index in [1.165, 1.54) is 0 Å². The molecule has 0 saturated heterocycles. The summed E-state index contributed by atoms with van der Waals surface area (Å²) in [5.74, 6) is 0.393. The molecule has 0 spiro atoms. The third kappa shape index (κ3) is 3.61. The van der Waals surface area contributed by atoms with Gasteiger partial charge in [0.25, 0.3) is 5.91 Å². The number of aromatic nitrogens is 1. The maximum atomic E-state index is 12.5. The van der Waals surface area contributed by atoms with Crippen LogP contribution in [-0.2, 0) is 0 Å². The molecular formula is C22H18N4O2. The van der Waals surface area contributed by atoms with E-state index in [4.69, 9.17) is 4.74 Å². The number of nitrogens with zero attached hydrogens (tertiary/aromatic N) is 2. The van der Waals surface area contributed by atoms with E-state index in [0.29, 0.717) is 22.7 Å². The van der Waals surface area contributed by atoms with Crippen LogP contribution >= 0.6 is 0 Å². The quantitative estimate of drug-likeness (QED) is 0.433. The van der Waals surface area contributed by atoms with E-state index in [9.17, 15) is 4.79 Å². The molecule has 0 atom stereocenters. The van der Waals surface area contributed by atoms with Crippen molar-refractivity contribution in [2.75, 3.05) is 12.4 Å². The molecular weight excluding hydrogens is 352 g/mol. The van der Waals surface area contributed by atoms with Gasteiger partial charge in [-0.15, -0.1) is 5.11 Å². The predicted molar refractivity (Wildman–Crippen MR) is 110 cm³/mol. The number of H-pyrrole nitrogens is 1. The Hall–Kier alpha value is -3.93. The van der Waals surface area contributed by atoms with Gasteiger partial charge in [-0.25, -0.2) is 0 Å². The zero-order valence-corrected chi connectivity index (χ0v) is 15.2. The lowest BCUT2D eigenvalue weighted by atomic mass is 10.2. The molecule has 0 aliphatic heterocycles. The van der Waals surface area contributed by atoms with Crippen LogP contribution in [0.3, 0.4) is 0 Å². The molecule has 138 valence electrons. The normalized spacial score (nSPS) is 11.0. The highest BCUT2D eigenvalue weighted by atomic mass is 16.5. The molecule has 0 unspecified atom stereocenters. The molecule has 4 aromatic rings. The molecule has 0 saturated carbocycles. The van der Waals surface area contributed by atoms with Crippen molar-refractivity contribution in [3.05, 3.63) is 84.6 Å². The number of rotatable bonds is 5. The Bertz CT molecular complexity index is 1150. The summed E-state index contributed by atoms with van der Waals surface area (Å²) >= 11 is 0. The summed E-state index contributed by atoms with van der Waals surface area (Å²) in [6.45, 7) is 0. The zero-order valence-electron chi connectivity index (χ0n) is 15.2.